The molecule has 1 aliphatic rings. The van der Waals surface area contributed by atoms with Crippen LogP contribution in [0.1, 0.15) is 11.5 Å². The van der Waals surface area contributed by atoms with Crippen molar-refractivity contribution in [2.45, 2.75) is 13.1 Å². The Hall–Kier alpha value is -2.76. The molecule has 1 unspecified atom stereocenters. The number of carbonyl (C=O) groups is 2. The summed E-state index contributed by atoms with van der Waals surface area (Å²) in [6.07, 6.45) is 3.09. The number of hydrogen-bond acceptors (Lipinski definition) is 4. The van der Waals surface area contributed by atoms with Crippen LogP contribution in [-0.4, -0.2) is 11.8 Å². The van der Waals surface area contributed by atoms with Crippen LogP contribution >= 0.6 is 0 Å². The van der Waals surface area contributed by atoms with Gasteiger partial charge in [-0.2, -0.15) is 0 Å². The second-order valence-electron chi connectivity index (χ2n) is 5.12. The first-order valence-electron chi connectivity index (χ1n) is 6.95. The summed E-state index contributed by atoms with van der Waals surface area (Å²) in [7, 11) is 0. The number of amides is 2. The van der Waals surface area contributed by atoms with E-state index in [2.05, 4.69) is 17.2 Å². The number of nitrogens with one attached hydrogen (secondary N) is 2. The van der Waals surface area contributed by atoms with Crippen LogP contribution in [0.15, 0.2) is 57.8 Å². The Balaban J connectivity index is 1.47. The van der Waals surface area contributed by atoms with Gasteiger partial charge in [0.25, 0.3) is 0 Å². The quantitative estimate of drug-likeness (QED) is 0.794. The van der Waals surface area contributed by atoms with E-state index < -0.39 is 11.8 Å². The lowest BCUT2D eigenvalue weighted by Gasteiger charge is -2.03. The molecule has 6 heteroatoms. The zero-order valence-corrected chi connectivity index (χ0v) is 11.9. The third-order valence-electron chi connectivity index (χ3n) is 3.62. The summed E-state index contributed by atoms with van der Waals surface area (Å²) in [5.74, 6) is -0.0194. The van der Waals surface area contributed by atoms with E-state index in [1.807, 2.05) is 0 Å². The summed E-state index contributed by atoms with van der Waals surface area (Å²) in [6.45, 7) is 4.40. The van der Waals surface area contributed by atoms with Gasteiger partial charge in [-0.3, -0.25) is 9.59 Å². The zero-order valence-electron chi connectivity index (χ0n) is 11.9. The summed E-state index contributed by atoms with van der Waals surface area (Å²) in [5.41, 5.74) is 0.633. The molecule has 2 aromatic heterocycles. The third-order valence-corrected chi connectivity index (χ3v) is 3.62. The molecule has 2 aromatic rings. The topological polar surface area (TPSA) is 84.5 Å². The van der Waals surface area contributed by atoms with Crippen molar-refractivity contribution >= 4 is 11.8 Å². The molecular weight excluding hydrogens is 284 g/mol. The molecule has 0 aliphatic heterocycles. The van der Waals surface area contributed by atoms with Crippen LogP contribution in [0.3, 0.4) is 0 Å². The van der Waals surface area contributed by atoms with Gasteiger partial charge < -0.3 is 19.5 Å². The number of rotatable bonds is 6. The summed E-state index contributed by atoms with van der Waals surface area (Å²) in [5, 5.41) is 5.48. The van der Waals surface area contributed by atoms with E-state index in [4.69, 9.17) is 8.83 Å². The predicted octanol–water partition coefficient (Wildman–Crippen LogP) is 1.61. The summed E-state index contributed by atoms with van der Waals surface area (Å²) in [6, 6.07) is 7.05. The van der Waals surface area contributed by atoms with Crippen molar-refractivity contribution in [2.24, 2.45) is 11.8 Å². The molecule has 2 heterocycles. The van der Waals surface area contributed by atoms with Gasteiger partial charge in [0.2, 0.25) is 11.8 Å². The Labute approximate surface area is 127 Å². The molecule has 0 aromatic carbocycles. The van der Waals surface area contributed by atoms with Crippen LogP contribution in [0, 0.1) is 11.8 Å². The number of hydrogen-bond donors (Lipinski definition) is 2. The van der Waals surface area contributed by atoms with Crippen molar-refractivity contribution in [3.63, 3.8) is 0 Å². The Bertz CT molecular complexity index is 615. The van der Waals surface area contributed by atoms with Gasteiger partial charge in [0, 0.05) is 0 Å². The first-order chi connectivity index (χ1) is 10.7. The molecule has 114 valence electrons. The van der Waals surface area contributed by atoms with Gasteiger partial charge in [-0.1, -0.05) is 12.2 Å². The van der Waals surface area contributed by atoms with Gasteiger partial charge in [-0.15, -0.1) is 0 Å². The molecule has 6 nitrogen and oxygen atoms in total. The van der Waals surface area contributed by atoms with Crippen molar-refractivity contribution in [1.82, 2.24) is 10.6 Å². The molecule has 0 spiro atoms. The van der Waals surface area contributed by atoms with E-state index in [0.29, 0.717) is 30.2 Å². The van der Waals surface area contributed by atoms with Gasteiger partial charge in [-0.25, -0.2) is 0 Å². The average molecular weight is 300 g/mol. The van der Waals surface area contributed by atoms with Crippen molar-refractivity contribution < 1.29 is 18.4 Å². The maximum Gasteiger partial charge on any atom is 0.228 e. The monoisotopic (exact) mass is 300 g/mol. The van der Waals surface area contributed by atoms with Crippen molar-refractivity contribution in [2.75, 3.05) is 0 Å². The maximum absolute atomic E-state index is 12.0. The fourth-order valence-electron chi connectivity index (χ4n) is 2.35. The molecule has 2 N–H and O–H groups in total. The van der Waals surface area contributed by atoms with E-state index in [1.54, 1.807) is 36.8 Å². The van der Waals surface area contributed by atoms with Crippen LogP contribution in [0.25, 0.3) is 0 Å². The summed E-state index contributed by atoms with van der Waals surface area (Å²) >= 11 is 0. The molecule has 0 saturated heterocycles. The Morgan fingerprint density at radius 2 is 1.41 bits per heavy atom. The van der Waals surface area contributed by atoms with Gasteiger partial charge in [0.15, 0.2) is 0 Å². The van der Waals surface area contributed by atoms with Crippen molar-refractivity contribution in [1.29, 1.82) is 0 Å². The number of carbonyl (C=O) groups excluding carboxylic acids is 2. The third kappa shape index (κ3) is 2.95. The van der Waals surface area contributed by atoms with Gasteiger partial charge >= 0.3 is 0 Å². The first-order valence-corrected chi connectivity index (χ1v) is 6.95. The predicted molar refractivity (Wildman–Crippen MR) is 77.2 cm³/mol. The van der Waals surface area contributed by atoms with E-state index in [9.17, 15) is 9.59 Å². The largest absolute Gasteiger partial charge is 0.467 e. The van der Waals surface area contributed by atoms with Crippen LogP contribution in [0.5, 0.6) is 0 Å². The van der Waals surface area contributed by atoms with Crippen LogP contribution < -0.4 is 10.6 Å². The molecule has 0 radical (unpaired) electrons. The molecule has 1 fully saturated rings. The molecule has 2 amide bonds. The Kier molecular flexibility index (Phi) is 3.82. The first kappa shape index (κ1) is 14.2. The van der Waals surface area contributed by atoms with Crippen LogP contribution in [0.4, 0.5) is 0 Å². The lowest BCUT2D eigenvalue weighted by atomic mass is 10.2. The summed E-state index contributed by atoms with van der Waals surface area (Å²) in [4.78, 5) is 24.1. The Morgan fingerprint density at radius 1 is 0.955 bits per heavy atom. The van der Waals surface area contributed by atoms with Crippen LogP contribution in [0.2, 0.25) is 0 Å². The molecule has 22 heavy (non-hydrogen) atoms. The SMILES string of the molecule is C=C1C(C(=O)NCc2ccco2)[C@H]1C(=O)NCc1ccco1. The molecule has 0 bridgehead atoms. The van der Waals surface area contributed by atoms with E-state index in [-0.39, 0.29) is 11.8 Å². The molecule has 2 atom stereocenters. The molecule has 1 aliphatic carbocycles. The molecular formula is C16H16N2O4. The Morgan fingerprint density at radius 3 is 1.77 bits per heavy atom. The second kappa shape index (κ2) is 5.93. The summed E-state index contributed by atoms with van der Waals surface area (Å²) < 4.78 is 10.3. The smallest absolute Gasteiger partial charge is 0.228 e. The number of furan rings is 2. The van der Waals surface area contributed by atoms with E-state index >= 15 is 0 Å². The maximum atomic E-state index is 12.0. The van der Waals surface area contributed by atoms with E-state index in [0.717, 1.165) is 0 Å². The lowest BCUT2D eigenvalue weighted by Crippen LogP contribution is -2.29. The molecule has 1 saturated carbocycles. The van der Waals surface area contributed by atoms with Gasteiger partial charge in [0.1, 0.15) is 11.5 Å². The highest BCUT2D eigenvalue weighted by Gasteiger charge is 2.52. The zero-order chi connectivity index (χ0) is 15.5. The minimum Gasteiger partial charge on any atom is -0.467 e. The highest BCUT2D eigenvalue weighted by molar-refractivity contribution is 5.98. The standard InChI is InChI=1S/C16H16N2O4/c1-10-13(15(19)17-8-11-4-2-6-21-11)14(10)16(20)18-9-12-5-3-7-22-12/h2-7,13-14H,1,8-9H2,(H,17,19)(H,18,20)/t13-,14?/m0/s1. The molecule has 3 rings (SSSR count). The van der Waals surface area contributed by atoms with Gasteiger partial charge in [0.05, 0.1) is 37.5 Å². The highest BCUT2D eigenvalue weighted by atomic mass is 16.3. The highest BCUT2D eigenvalue weighted by Crippen LogP contribution is 2.44. The minimum atomic E-state index is -0.466. The fraction of sp³-hybridized carbons (Fsp3) is 0.250. The van der Waals surface area contributed by atoms with Gasteiger partial charge in [-0.05, 0) is 24.3 Å². The van der Waals surface area contributed by atoms with Crippen molar-refractivity contribution in [3.05, 3.63) is 60.5 Å². The fourth-order valence-corrected chi connectivity index (χ4v) is 2.35. The van der Waals surface area contributed by atoms with Crippen LogP contribution in [-0.2, 0) is 22.7 Å². The second-order valence-corrected chi connectivity index (χ2v) is 5.12. The normalized spacial score (nSPS) is 19.7. The minimum absolute atomic E-state index is 0.209. The van der Waals surface area contributed by atoms with Crippen molar-refractivity contribution in [3.8, 4) is 0 Å². The average Bonchev–Trinajstić information content (AvgIpc) is 2.98. The van der Waals surface area contributed by atoms with E-state index in [1.165, 1.54) is 0 Å². The lowest BCUT2D eigenvalue weighted by molar-refractivity contribution is -0.127.